The normalized spacial score (nSPS) is 11.4. The molecule has 4 rings (SSSR count). The summed E-state index contributed by atoms with van der Waals surface area (Å²) in [5.74, 6) is 0. The first-order chi connectivity index (χ1) is 10.6. The summed E-state index contributed by atoms with van der Waals surface area (Å²) in [6, 6.07) is 12.8. The Labute approximate surface area is 142 Å². The lowest BCUT2D eigenvalue weighted by atomic mass is 10.2. The molecule has 0 N–H and O–H groups in total. The van der Waals surface area contributed by atoms with Crippen molar-refractivity contribution in [2.24, 2.45) is 0 Å². The molecule has 4 nitrogen and oxygen atoms in total. The number of halogens is 2. The molecule has 0 amide bonds. The first kappa shape index (κ1) is 13.9. The second-order valence-corrected chi connectivity index (χ2v) is 6.94. The van der Waals surface area contributed by atoms with E-state index in [-0.39, 0.29) is 5.56 Å². The Morgan fingerprint density at radius 3 is 2.86 bits per heavy atom. The number of aromatic nitrogens is 3. The van der Waals surface area contributed by atoms with Gasteiger partial charge in [-0.05, 0) is 30.3 Å². The standard InChI is InChI=1S/C15H7BrClN3OS/c16-8-5-6-11(17)10(7-8)13-19-20-14(21)9-3-1-2-4-12(9)18-15(20)22-13/h1-7H. The molecular formula is C15H7BrClN3OS. The molecule has 2 aromatic heterocycles. The van der Waals surface area contributed by atoms with Crippen LogP contribution in [0.1, 0.15) is 0 Å². The van der Waals surface area contributed by atoms with E-state index in [1.807, 2.05) is 30.3 Å². The van der Waals surface area contributed by atoms with Gasteiger partial charge in [0.2, 0.25) is 4.96 Å². The maximum absolute atomic E-state index is 12.5. The van der Waals surface area contributed by atoms with E-state index in [0.29, 0.717) is 25.9 Å². The Bertz CT molecular complexity index is 1090. The fourth-order valence-corrected chi connectivity index (χ4v) is 3.78. The van der Waals surface area contributed by atoms with Gasteiger partial charge in [0.25, 0.3) is 5.56 Å². The van der Waals surface area contributed by atoms with Crippen molar-refractivity contribution in [1.82, 2.24) is 14.6 Å². The van der Waals surface area contributed by atoms with Crippen LogP contribution < -0.4 is 5.56 Å². The lowest BCUT2D eigenvalue weighted by molar-refractivity contribution is 0.919. The highest BCUT2D eigenvalue weighted by Gasteiger charge is 2.14. The Morgan fingerprint density at radius 1 is 1.18 bits per heavy atom. The Balaban J connectivity index is 2.05. The summed E-state index contributed by atoms with van der Waals surface area (Å²) in [6.07, 6.45) is 0. The topological polar surface area (TPSA) is 47.3 Å². The van der Waals surface area contributed by atoms with Crippen LogP contribution in [0.5, 0.6) is 0 Å². The number of hydrogen-bond donors (Lipinski definition) is 0. The molecule has 0 aliphatic heterocycles. The number of para-hydroxylation sites is 1. The summed E-state index contributed by atoms with van der Waals surface area (Å²) in [4.78, 5) is 17.6. The van der Waals surface area contributed by atoms with Crippen molar-refractivity contribution in [3.05, 3.63) is 62.3 Å². The van der Waals surface area contributed by atoms with Crippen molar-refractivity contribution in [3.8, 4) is 10.6 Å². The summed E-state index contributed by atoms with van der Waals surface area (Å²) in [7, 11) is 0. The van der Waals surface area contributed by atoms with Gasteiger partial charge in [-0.15, -0.1) is 0 Å². The zero-order valence-corrected chi connectivity index (χ0v) is 14.1. The zero-order chi connectivity index (χ0) is 15.3. The zero-order valence-electron chi connectivity index (χ0n) is 11.0. The Hall–Kier alpha value is -1.76. The monoisotopic (exact) mass is 391 g/mol. The highest BCUT2D eigenvalue weighted by Crippen LogP contribution is 2.33. The fraction of sp³-hybridized carbons (Fsp3) is 0. The fourth-order valence-electron chi connectivity index (χ4n) is 2.23. The molecule has 0 bridgehead atoms. The van der Waals surface area contributed by atoms with E-state index >= 15 is 0 Å². The summed E-state index contributed by atoms with van der Waals surface area (Å²) < 4.78 is 2.23. The van der Waals surface area contributed by atoms with Gasteiger partial charge in [0.15, 0.2) is 0 Å². The first-order valence-electron chi connectivity index (χ1n) is 6.37. The van der Waals surface area contributed by atoms with Crippen molar-refractivity contribution >= 4 is 54.7 Å². The van der Waals surface area contributed by atoms with Crippen molar-refractivity contribution in [2.45, 2.75) is 0 Å². The first-order valence-corrected chi connectivity index (χ1v) is 8.36. The maximum Gasteiger partial charge on any atom is 0.283 e. The third kappa shape index (κ3) is 2.15. The second-order valence-electron chi connectivity index (χ2n) is 4.66. The molecule has 0 aliphatic carbocycles. The van der Waals surface area contributed by atoms with E-state index < -0.39 is 0 Å². The van der Waals surface area contributed by atoms with Gasteiger partial charge >= 0.3 is 0 Å². The third-order valence-electron chi connectivity index (χ3n) is 3.26. The van der Waals surface area contributed by atoms with E-state index in [1.165, 1.54) is 15.9 Å². The lowest BCUT2D eigenvalue weighted by Gasteiger charge is -1.99. The molecule has 2 aromatic carbocycles. The molecule has 7 heteroatoms. The number of rotatable bonds is 1. The molecule has 4 aromatic rings. The van der Waals surface area contributed by atoms with Crippen LogP contribution in [-0.4, -0.2) is 14.6 Å². The minimum Gasteiger partial charge on any atom is -0.267 e. The van der Waals surface area contributed by atoms with Crippen molar-refractivity contribution in [1.29, 1.82) is 0 Å². The van der Waals surface area contributed by atoms with Gasteiger partial charge in [0.1, 0.15) is 5.01 Å². The third-order valence-corrected chi connectivity index (χ3v) is 5.03. The summed E-state index contributed by atoms with van der Waals surface area (Å²) in [5, 5.41) is 6.18. The van der Waals surface area contributed by atoms with E-state index in [0.717, 1.165) is 10.0 Å². The van der Waals surface area contributed by atoms with E-state index in [2.05, 4.69) is 26.0 Å². The molecular weight excluding hydrogens is 386 g/mol. The van der Waals surface area contributed by atoms with Gasteiger partial charge in [-0.25, -0.2) is 4.98 Å². The van der Waals surface area contributed by atoms with Crippen LogP contribution in [0, 0.1) is 0 Å². The second kappa shape index (κ2) is 5.15. The molecule has 0 saturated heterocycles. The van der Waals surface area contributed by atoms with E-state index in [9.17, 15) is 4.79 Å². The predicted octanol–water partition coefficient (Wildman–Crippen LogP) is 4.39. The maximum atomic E-state index is 12.5. The summed E-state index contributed by atoms with van der Waals surface area (Å²) >= 11 is 11.0. The van der Waals surface area contributed by atoms with Crippen molar-refractivity contribution < 1.29 is 0 Å². The predicted molar refractivity (Wildman–Crippen MR) is 92.8 cm³/mol. The summed E-state index contributed by atoms with van der Waals surface area (Å²) in [6.45, 7) is 0. The molecule has 108 valence electrons. The Kier molecular flexibility index (Phi) is 3.25. The summed E-state index contributed by atoms with van der Waals surface area (Å²) in [5.41, 5.74) is 1.27. The minimum absolute atomic E-state index is 0.172. The van der Waals surface area contributed by atoms with Crippen LogP contribution >= 0.6 is 38.9 Å². The quantitative estimate of drug-likeness (QED) is 0.483. The minimum atomic E-state index is -0.172. The number of benzene rings is 2. The molecule has 0 spiro atoms. The largest absolute Gasteiger partial charge is 0.283 e. The van der Waals surface area contributed by atoms with Gasteiger partial charge in [-0.2, -0.15) is 9.61 Å². The number of nitrogens with zero attached hydrogens (tertiary/aromatic N) is 3. The Morgan fingerprint density at radius 2 is 2.00 bits per heavy atom. The van der Waals surface area contributed by atoms with Crippen LogP contribution in [0.2, 0.25) is 5.02 Å². The van der Waals surface area contributed by atoms with Crippen LogP contribution in [-0.2, 0) is 0 Å². The van der Waals surface area contributed by atoms with Gasteiger partial charge < -0.3 is 0 Å². The molecule has 2 heterocycles. The lowest BCUT2D eigenvalue weighted by Crippen LogP contribution is -2.14. The highest BCUT2D eigenvalue weighted by atomic mass is 79.9. The van der Waals surface area contributed by atoms with Crippen LogP contribution in [0.4, 0.5) is 0 Å². The van der Waals surface area contributed by atoms with E-state index in [4.69, 9.17) is 11.6 Å². The van der Waals surface area contributed by atoms with Gasteiger partial charge in [-0.1, -0.05) is 51.0 Å². The van der Waals surface area contributed by atoms with Crippen LogP contribution in [0.3, 0.4) is 0 Å². The van der Waals surface area contributed by atoms with Gasteiger partial charge in [0, 0.05) is 10.0 Å². The van der Waals surface area contributed by atoms with Crippen molar-refractivity contribution in [3.63, 3.8) is 0 Å². The van der Waals surface area contributed by atoms with Gasteiger partial charge in [-0.3, -0.25) is 4.79 Å². The average molecular weight is 393 g/mol. The molecule has 0 radical (unpaired) electrons. The van der Waals surface area contributed by atoms with Crippen LogP contribution in [0.25, 0.3) is 26.4 Å². The number of fused-ring (bicyclic) bond motifs is 2. The average Bonchev–Trinajstić information content (AvgIpc) is 2.94. The number of hydrogen-bond acceptors (Lipinski definition) is 4. The smallest absolute Gasteiger partial charge is 0.267 e. The van der Waals surface area contributed by atoms with Gasteiger partial charge in [0.05, 0.1) is 15.9 Å². The van der Waals surface area contributed by atoms with Crippen LogP contribution in [0.15, 0.2) is 51.7 Å². The SMILES string of the molecule is O=c1c2ccccc2nc2sc(-c3cc(Br)ccc3Cl)nn12. The molecule has 0 saturated carbocycles. The highest BCUT2D eigenvalue weighted by molar-refractivity contribution is 9.10. The van der Waals surface area contributed by atoms with Crippen molar-refractivity contribution in [2.75, 3.05) is 0 Å². The molecule has 0 aliphatic rings. The molecule has 0 atom stereocenters. The molecule has 0 fully saturated rings. The van der Waals surface area contributed by atoms with E-state index in [1.54, 1.807) is 12.1 Å². The molecule has 0 unspecified atom stereocenters. The molecule has 22 heavy (non-hydrogen) atoms.